The third-order valence-corrected chi connectivity index (χ3v) is 3.49. The van der Waals surface area contributed by atoms with Gasteiger partial charge in [0.15, 0.2) is 0 Å². The smallest absolute Gasteiger partial charge is 0.337 e. The molecule has 0 aliphatic carbocycles. The van der Waals surface area contributed by atoms with Crippen molar-refractivity contribution >= 4 is 29.0 Å². The van der Waals surface area contributed by atoms with Crippen LogP contribution in [0.15, 0.2) is 23.6 Å². The molecule has 1 aromatic carbocycles. The molecule has 0 fully saturated rings. The summed E-state index contributed by atoms with van der Waals surface area (Å²) in [4.78, 5) is 26.9. The number of hydrogen-bond donors (Lipinski definition) is 3. The summed E-state index contributed by atoms with van der Waals surface area (Å²) < 4.78 is 13.0. The third-order valence-electron chi connectivity index (χ3n) is 2.53. The lowest BCUT2D eigenvalue weighted by Crippen LogP contribution is -2.28. The molecule has 21 heavy (non-hydrogen) atoms. The van der Waals surface area contributed by atoms with Crippen LogP contribution in [-0.4, -0.2) is 22.1 Å². The Morgan fingerprint density at radius 3 is 2.81 bits per heavy atom. The second-order valence-electron chi connectivity index (χ2n) is 4.19. The Morgan fingerprint density at radius 1 is 1.43 bits per heavy atom. The van der Waals surface area contributed by atoms with Crippen molar-refractivity contribution in [2.24, 2.45) is 0 Å². The minimum Gasteiger partial charge on any atom is -0.478 e. The molecule has 0 aliphatic rings. The predicted octanol–water partition coefficient (Wildman–Crippen LogP) is 2.61. The van der Waals surface area contributed by atoms with Crippen LogP contribution in [0.3, 0.4) is 0 Å². The number of anilines is 1. The molecule has 0 saturated heterocycles. The van der Waals surface area contributed by atoms with Gasteiger partial charge in [0, 0.05) is 11.1 Å². The lowest BCUT2D eigenvalue weighted by molar-refractivity contribution is 0.0697. The van der Waals surface area contributed by atoms with Gasteiger partial charge in [-0.25, -0.2) is 19.0 Å². The molecule has 0 unspecified atom stereocenters. The number of nitrogens with one attached hydrogen (secondary N) is 2. The number of carboxylic acid groups (broad SMARTS) is 1. The van der Waals surface area contributed by atoms with Gasteiger partial charge in [-0.2, -0.15) is 0 Å². The number of carboxylic acids is 1. The fraction of sp³-hybridized carbons (Fsp3) is 0.154. The van der Waals surface area contributed by atoms with Gasteiger partial charge in [0.1, 0.15) is 10.8 Å². The topological polar surface area (TPSA) is 91.3 Å². The summed E-state index contributed by atoms with van der Waals surface area (Å²) in [5, 5.41) is 16.5. The van der Waals surface area contributed by atoms with Crippen LogP contribution >= 0.6 is 11.3 Å². The Morgan fingerprint density at radius 2 is 2.19 bits per heavy atom. The Labute approximate surface area is 123 Å². The van der Waals surface area contributed by atoms with Crippen LogP contribution in [0.4, 0.5) is 14.9 Å². The number of aromatic carboxylic acids is 1. The minimum absolute atomic E-state index is 0.0247. The normalized spacial score (nSPS) is 10.2. The molecule has 1 aromatic heterocycles. The second kappa shape index (κ2) is 6.31. The molecule has 6 nitrogen and oxygen atoms in total. The molecule has 0 radical (unpaired) electrons. The van der Waals surface area contributed by atoms with Gasteiger partial charge >= 0.3 is 12.0 Å². The first-order chi connectivity index (χ1) is 9.95. The number of thiazole rings is 1. The highest BCUT2D eigenvalue weighted by Crippen LogP contribution is 2.17. The number of nitrogens with zero attached hydrogens (tertiary/aromatic N) is 1. The van der Waals surface area contributed by atoms with Gasteiger partial charge in [0.05, 0.1) is 17.8 Å². The molecule has 0 spiro atoms. The lowest BCUT2D eigenvalue weighted by atomic mass is 10.2. The standard InChI is InChI=1S/C13H12FN3O3S/c1-7-6-21-11(16-7)5-15-13(20)17-10-3-2-8(14)4-9(10)12(18)19/h2-4,6H,5H2,1H3,(H,18,19)(H2,15,17,20). The maximum Gasteiger partial charge on any atom is 0.337 e. The summed E-state index contributed by atoms with van der Waals surface area (Å²) in [5.41, 5.74) is 0.580. The number of rotatable bonds is 4. The molecule has 2 rings (SSSR count). The first-order valence-electron chi connectivity index (χ1n) is 5.94. The molecule has 1 heterocycles. The number of carbonyl (C=O) groups is 2. The minimum atomic E-state index is -1.32. The fourth-order valence-electron chi connectivity index (χ4n) is 1.61. The molecule has 0 aliphatic heterocycles. The largest absolute Gasteiger partial charge is 0.478 e. The zero-order valence-corrected chi connectivity index (χ0v) is 11.8. The zero-order valence-electron chi connectivity index (χ0n) is 11.0. The zero-order chi connectivity index (χ0) is 15.4. The summed E-state index contributed by atoms with van der Waals surface area (Å²) >= 11 is 1.41. The summed E-state index contributed by atoms with van der Waals surface area (Å²) in [6, 6.07) is 2.54. The van der Waals surface area contributed by atoms with E-state index in [4.69, 9.17) is 5.11 Å². The first kappa shape index (κ1) is 14.9. The quantitative estimate of drug-likeness (QED) is 0.809. The van der Waals surface area contributed by atoms with Gasteiger partial charge < -0.3 is 15.7 Å². The van der Waals surface area contributed by atoms with Crippen LogP contribution in [0.1, 0.15) is 21.1 Å². The predicted molar refractivity (Wildman–Crippen MR) is 76.1 cm³/mol. The molecule has 8 heteroatoms. The summed E-state index contributed by atoms with van der Waals surface area (Å²) in [7, 11) is 0. The van der Waals surface area contributed by atoms with Gasteiger partial charge in [0.25, 0.3) is 0 Å². The van der Waals surface area contributed by atoms with Crippen molar-refractivity contribution in [1.29, 1.82) is 0 Å². The van der Waals surface area contributed by atoms with E-state index in [2.05, 4.69) is 15.6 Å². The van der Waals surface area contributed by atoms with Crippen LogP contribution in [0.2, 0.25) is 0 Å². The van der Waals surface area contributed by atoms with Gasteiger partial charge in [-0.3, -0.25) is 0 Å². The van der Waals surface area contributed by atoms with Crippen LogP contribution < -0.4 is 10.6 Å². The van der Waals surface area contributed by atoms with E-state index in [-0.39, 0.29) is 17.8 Å². The fourth-order valence-corrected chi connectivity index (χ4v) is 2.32. The Balaban J connectivity index is 2.01. The Hall–Kier alpha value is -2.48. The maximum absolute atomic E-state index is 13.0. The van der Waals surface area contributed by atoms with E-state index in [0.29, 0.717) is 0 Å². The summed E-state index contributed by atoms with van der Waals surface area (Å²) in [5.74, 6) is -2.00. The van der Waals surface area contributed by atoms with Crippen molar-refractivity contribution in [3.8, 4) is 0 Å². The molecular formula is C13H12FN3O3S. The van der Waals surface area contributed by atoms with Crippen molar-refractivity contribution < 1.29 is 19.1 Å². The number of urea groups is 1. The molecule has 3 N–H and O–H groups in total. The molecule has 0 bridgehead atoms. The highest BCUT2D eigenvalue weighted by atomic mass is 32.1. The van der Waals surface area contributed by atoms with Crippen LogP contribution in [0, 0.1) is 12.7 Å². The first-order valence-corrected chi connectivity index (χ1v) is 6.82. The molecule has 110 valence electrons. The van der Waals surface area contributed by atoms with Crippen molar-refractivity contribution in [3.05, 3.63) is 45.7 Å². The van der Waals surface area contributed by atoms with E-state index in [1.807, 2.05) is 12.3 Å². The van der Waals surface area contributed by atoms with E-state index in [1.165, 1.54) is 17.4 Å². The monoisotopic (exact) mass is 309 g/mol. The van der Waals surface area contributed by atoms with E-state index in [1.54, 1.807) is 0 Å². The highest BCUT2D eigenvalue weighted by molar-refractivity contribution is 7.09. The maximum atomic E-state index is 13.0. The Bertz CT molecular complexity index is 687. The van der Waals surface area contributed by atoms with Gasteiger partial charge in [-0.15, -0.1) is 11.3 Å². The second-order valence-corrected chi connectivity index (χ2v) is 5.13. The summed E-state index contributed by atoms with van der Waals surface area (Å²) in [6.45, 7) is 2.08. The number of aryl methyl sites for hydroxylation is 1. The number of halogens is 1. The van der Waals surface area contributed by atoms with Crippen molar-refractivity contribution in [1.82, 2.24) is 10.3 Å². The van der Waals surface area contributed by atoms with Crippen molar-refractivity contribution in [3.63, 3.8) is 0 Å². The highest BCUT2D eigenvalue weighted by Gasteiger charge is 2.13. The number of aromatic nitrogens is 1. The lowest BCUT2D eigenvalue weighted by Gasteiger charge is -2.09. The van der Waals surface area contributed by atoms with E-state index < -0.39 is 17.8 Å². The SMILES string of the molecule is Cc1csc(CNC(=O)Nc2ccc(F)cc2C(=O)O)n1. The van der Waals surface area contributed by atoms with Crippen LogP contribution in [0.25, 0.3) is 0 Å². The van der Waals surface area contributed by atoms with Gasteiger partial charge in [0.2, 0.25) is 0 Å². The molecule has 2 amide bonds. The number of hydrogen-bond acceptors (Lipinski definition) is 4. The van der Waals surface area contributed by atoms with Crippen LogP contribution in [-0.2, 0) is 6.54 Å². The molecule has 0 saturated carbocycles. The molecule has 2 aromatic rings. The van der Waals surface area contributed by atoms with Crippen LogP contribution in [0.5, 0.6) is 0 Å². The van der Waals surface area contributed by atoms with Crippen molar-refractivity contribution in [2.75, 3.05) is 5.32 Å². The third kappa shape index (κ3) is 3.99. The summed E-state index contributed by atoms with van der Waals surface area (Å²) in [6.07, 6.45) is 0. The van der Waals surface area contributed by atoms with E-state index in [0.717, 1.165) is 22.8 Å². The number of carbonyl (C=O) groups excluding carboxylic acids is 1. The Kier molecular flexibility index (Phi) is 4.49. The molecular weight excluding hydrogens is 297 g/mol. The van der Waals surface area contributed by atoms with E-state index in [9.17, 15) is 14.0 Å². The van der Waals surface area contributed by atoms with Gasteiger partial charge in [-0.1, -0.05) is 0 Å². The molecule has 0 atom stereocenters. The van der Waals surface area contributed by atoms with Gasteiger partial charge in [-0.05, 0) is 25.1 Å². The van der Waals surface area contributed by atoms with Crippen molar-refractivity contribution in [2.45, 2.75) is 13.5 Å². The average molecular weight is 309 g/mol. The number of amides is 2. The average Bonchev–Trinajstić information content (AvgIpc) is 2.84. The van der Waals surface area contributed by atoms with E-state index >= 15 is 0 Å². The number of benzene rings is 1.